The van der Waals surface area contributed by atoms with Crippen molar-refractivity contribution in [3.63, 3.8) is 0 Å². The Bertz CT molecular complexity index is 637. The van der Waals surface area contributed by atoms with Crippen molar-refractivity contribution >= 4 is 0 Å². The van der Waals surface area contributed by atoms with Gasteiger partial charge >= 0.3 is 6.18 Å². The minimum atomic E-state index is -4.52. The van der Waals surface area contributed by atoms with Gasteiger partial charge in [0, 0.05) is 17.5 Å². The van der Waals surface area contributed by atoms with Crippen molar-refractivity contribution < 1.29 is 13.2 Å². The summed E-state index contributed by atoms with van der Waals surface area (Å²) >= 11 is 0. The molecule has 0 radical (unpaired) electrons. The lowest BCUT2D eigenvalue weighted by molar-refractivity contribution is -0.137. The number of nitrogens with zero attached hydrogens (tertiary/aromatic N) is 2. The van der Waals surface area contributed by atoms with Gasteiger partial charge in [-0.2, -0.15) is 18.4 Å². The Labute approximate surface area is 108 Å². The second kappa shape index (κ2) is 4.73. The maximum absolute atomic E-state index is 12.7. The highest BCUT2D eigenvalue weighted by molar-refractivity contribution is 5.65. The third-order valence-electron chi connectivity index (χ3n) is 2.69. The van der Waals surface area contributed by atoms with Gasteiger partial charge in [0.15, 0.2) is 0 Å². The summed E-state index contributed by atoms with van der Waals surface area (Å²) in [4.78, 5) is 4.08. The number of rotatable bonds is 1. The lowest BCUT2D eigenvalue weighted by Gasteiger charge is -2.10. The van der Waals surface area contributed by atoms with Crippen molar-refractivity contribution in [1.82, 2.24) is 4.98 Å². The van der Waals surface area contributed by atoms with Crippen LogP contribution in [0, 0.1) is 18.3 Å². The van der Waals surface area contributed by atoms with Crippen LogP contribution in [0.25, 0.3) is 11.1 Å². The fraction of sp³-hybridized carbons (Fsp3) is 0.143. The van der Waals surface area contributed by atoms with Crippen LogP contribution in [0.2, 0.25) is 0 Å². The van der Waals surface area contributed by atoms with E-state index in [0.717, 1.165) is 11.8 Å². The van der Waals surface area contributed by atoms with Gasteiger partial charge in [-0.05, 0) is 30.7 Å². The van der Waals surface area contributed by atoms with Gasteiger partial charge in [-0.15, -0.1) is 0 Å². The van der Waals surface area contributed by atoms with Crippen LogP contribution in [-0.4, -0.2) is 4.98 Å². The van der Waals surface area contributed by atoms with Crippen LogP contribution >= 0.6 is 0 Å². The maximum Gasteiger partial charge on any atom is 0.417 e. The summed E-state index contributed by atoms with van der Waals surface area (Å²) in [6, 6.07) is 8.60. The molecule has 19 heavy (non-hydrogen) atoms. The first-order valence-electron chi connectivity index (χ1n) is 5.46. The lowest BCUT2D eigenvalue weighted by atomic mass is 10.0. The number of alkyl halides is 3. The highest BCUT2D eigenvalue weighted by atomic mass is 19.4. The van der Waals surface area contributed by atoms with E-state index in [1.54, 1.807) is 24.4 Å². The standard InChI is InChI=1S/C14H9F3N2/c1-9-2-3-11(8-19-9)10-4-5-13(14(15,16)17)12(6-10)7-18/h2-6,8H,1H3. The average Bonchev–Trinajstić information content (AvgIpc) is 2.38. The topological polar surface area (TPSA) is 36.7 Å². The van der Waals surface area contributed by atoms with Crippen molar-refractivity contribution in [2.45, 2.75) is 13.1 Å². The molecule has 0 N–H and O–H groups in total. The molecular formula is C14H9F3N2. The molecule has 0 bridgehead atoms. The molecule has 2 aromatic rings. The van der Waals surface area contributed by atoms with E-state index in [2.05, 4.69) is 4.98 Å². The summed E-state index contributed by atoms with van der Waals surface area (Å²) in [5.74, 6) is 0. The van der Waals surface area contributed by atoms with Crippen molar-refractivity contribution in [1.29, 1.82) is 5.26 Å². The molecule has 2 rings (SSSR count). The molecule has 2 nitrogen and oxygen atoms in total. The number of nitriles is 1. The normalized spacial score (nSPS) is 11.1. The number of hydrogen-bond donors (Lipinski definition) is 0. The maximum atomic E-state index is 12.7. The van der Waals surface area contributed by atoms with E-state index in [0.29, 0.717) is 11.1 Å². The molecule has 0 unspecified atom stereocenters. The number of halogens is 3. The molecule has 0 aliphatic carbocycles. The largest absolute Gasteiger partial charge is 0.417 e. The fourth-order valence-corrected chi connectivity index (χ4v) is 1.70. The van der Waals surface area contributed by atoms with Crippen molar-refractivity contribution in [3.05, 3.63) is 53.3 Å². The van der Waals surface area contributed by atoms with Gasteiger partial charge in [-0.25, -0.2) is 0 Å². The summed E-state index contributed by atoms with van der Waals surface area (Å²) in [5.41, 5.74) is 0.730. The zero-order valence-electron chi connectivity index (χ0n) is 9.99. The van der Waals surface area contributed by atoms with Crippen LogP contribution < -0.4 is 0 Å². The van der Waals surface area contributed by atoms with E-state index in [-0.39, 0.29) is 5.56 Å². The summed E-state index contributed by atoms with van der Waals surface area (Å²) in [6.07, 6.45) is -2.95. The minimum Gasteiger partial charge on any atom is -0.261 e. The molecule has 0 fully saturated rings. The first-order valence-corrected chi connectivity index (χ1v) is 5.46. The van der Waals surface area contributed by atoms with Crippen LogP contribution in [0.5, 0.6) is 0 Å². The quantitative estimate of drug-likeness (QED) is 0.780. The third kappa shape index (κ3) is 2.74. The molecule has 1 heterocycles. The molecule has 0 aliphatic heterocycles. The minimum absolute atomic E-state index is 0.384. The second-order valence-corrected chi connectivity index (χ2v) is 4.06. The molecule has 0 spiro atoms. The van der Waals surface area contributed by atoms with Crippen LogP contribution in [0.15, 0.2) is 36.5 Å². The predicted molar refractivity (Wildman–Crippen MR) is 64.1 cm³/mol. The summed E-state index contributed by atoms with van der Waals surface area (Å²) in [5, 5.41) is 8.83. The Morgan fingerprint density at radius 1 is 1.11 bits per heavy atom. The Morgan fingerprint density at radius 2 is 1.79 bits per heavy atom. The highest BCUT2D eigenvalue weighted by Gasteiger charge is 2.33. The van der Waals surface area contributed by atoms with Crippen molar-refractivity contribution in [2.75, 3.05) is 0 Å². The smallest absolute Gasteiger partial charge is 0.261 e. The van der Waals surface area contributed by atoms with Gasteiger partial charge in [-0.1, -0.05) is 12.1 Å². The van der Waals surface area contributed by atoms with Crippen molar-refractivity contribution in [3.8, 4) is 17.2 Å². The molecular weight excluding hydrogens is 253 g/mol. The van der Waals surface area contributed by atoms with Gasteiger partial charge < -0.3 is 0 Å². The van der Waals surface area contributed by atoms with E-state index in [1.807, 2.05) is 6.92 Å². The van der Waals surface area contributed by atoms with Crippen LogP contribution in [0.3, 0.4) is 0 Å². The molecule has 0 saturated heterocycles. The highest BCUT2D eigenvalue weighted by Crippen LogP contribution is 2.33. The van der Waals surface area contributed by atoms with E-state index in [1.165, 1.54) is 12.1 Å². The number of hydrogen-bond acceptors (Lipinski definition) is 2. The zero-order valence-corrected chi connectivity index (χ0v) is 9.99. The van der Waals surface area contributed by atoms with Gasteiger partial charge in [0.25, 0.3) is 0 Å². The van der Waals surface area contributed by atoms with Gasteiger partial charge in [0.1, 0.15) is 0 Å². The van der Waals surface area contributed by atoms with E-state index in [4.69, 9.17) is 5.26 Å². The zero-order chi connectivity index (χ0) is 14.0. The summed E-state index contributed by atoms with van der Waals surface area (Å²) in [6.45, 7) is 1.82. The monoisotopic (exact) mass is 262 g/mol. The first kappa shape index (κ1) is 13.1. The number of pyridine rings is 1. The van der Waals surface area contributed by atoms with E-state index < -0.39 is 11.7 Å². The van der Waals surface area contributed by atoms with Crippen LogP contribution in [0.4, 0.5) is 13.2 Å². The molecule has 5 heteroatoms. The number of aromatic nitrogens is 1. The predicted octanol–water partition coefficient (Wildman–Crippen LogP) is 3.95. The first-order chi connectivity index (χ1) is 8.91. The van der Waals surface area contributed by atoms with E-state index >= 15 is 0 Å². The Morgan fingerprint density at radius 3 is 2.32 bits per heavy atom. The van der Waals surface area contributed by atoms with E-state index in [9.17, 15) is 13.2 Å². The summed E-state index contributed by atoms with van der Waals surface area (Å²) < 4.78 is 38.0. The molecule has 1 aromatic heterocycles. The Hall–Kier alpha value is -2.35. The molecule has 1 aromatic carbocycles. The van der Waals surface area contributed by atoms with Crippen molar-refractivity contribution in [2.24, 2.45) is 0 Å². The fourth-order valence-electron chi connectivity index (χ4n) is 1.70. The molecule has 0 amide bonds. The lowest BCUT2D eigenvalue weighted by Crippen LogP contribution is -2.07. The SMILES string of the molecule is Cc1ccc(-c2ccc(C(F)(F)F)c(C#N)c2)cn1. The second-order valence-electron chi connectivity index (χ2n) is 4.06. The third-order valence-corrected chi connectivity index (χ3v) is 2.69. The average molecular weight is 262 g/mol. The number of benzene rings is 1. The van der Waals surface area contributed by atoms with Gasteiger partial charge in [0.05, 0.1) is 17.2 Å². The molecule has 96 valence electrons. The Balaban J connectivity index is 2.51. The molecule has 0 aliphatic rings. The summed E-state index contributed by atoms with van der Waals surface area (Å²) in [7, 11) is 0. The Kier molecular flexibility index (Phi) is 3.26. The van der Waals surface area contributed by atoms with Gasteiger partial charge in [0.2, 0.25) is 0 Å². The number of aryl methyl sites for hydroxylation is 1. The molecule has 0 atom stereocenters. The van der Waals surface area contributed by atoms with Crippen LogP contribution in [0.1, 0.15) is 16.8 Å². The van der Waals surface area contributed by atoms with Gasteiger partial charge in [-0.3, -0.25) is 4.98 Å². The molecule has 0 saturated carbocycles. The van der Waals surface area contributed by atoms with Crippen LogP contribution in [-0.2, 0) is 6.18 Å².